The Hall–Kier alpha value is -1.37. The maximum Gasteiger partial charge on any atom is 0.413 e. The molecule has 0 saturated heterocycles. The van der Waals surface area contributed by atoms with E-state index in [-0.39, 0.29) is 10.8 Å². The Balaban J connectivity index is 2.81. The molecule has 1 rings (SSSR count). The highest BCUT2D eigenvalue weighted by Crippen LogP contribution is 2.26. The number of anilines is 1. The van der Waals surface area contributed by atoms with Crippen molar-refractivity contribution < 1.29 is 18.3 Å². The first-order chi connectivity index (χ1) is 7.70. The van der Waals surface area contributed by atoms with Crippen LogP contribution in [0.5, 0.6) is 0 Å². The van der Waals surface area contributed by atoms with Crippen molar-refractivity contribution in [1.29, 1.82) is 0 Å². The number of rotatable bonds is 2. The summed E-state index contributed by atoms with van der Waals surface area (Å²) in [5.74, 6) is -0.295. The number of halogens is 3. The molecule has 0 atom stereocenters. The van der Waals surface area contributed by atoms with Gasteiger partial charge in [-0.15, -0.1) is 0 Å². The van der Waals surface area contributed by atoms with Gasteiger partial charge in [0.15, 0.2) is 5.82 Å². The zero-order valence-corrected chi connectivity index (χ0v) is 10.3. The van der Waals surface area contributed by atoms with Crippen LogP contribution in [0.1, 0.15) is 27.3 Å². The summed E-state index contributed by atoms with van der Waals surface area (Å²) < 4.78 is 30.2. The molecule has 0 spiro atoms. The quantitative estimate of drug-likeness (QED) is 0.895. The monoisotopic (exact) mass is 267 g/mol. The van der Waals surface area contributed by atoms with Crippen LogP contribution in [0, 0.1) is 0 Å². The van der Waals surface area contributed by atoms with Gasteiger partial charge in [-0.25, -0.2) is 4.79 Å². The minimum Gasteiger partial charge on any atom is -0.444 e. The standard InChI is InChI=1S/C9H12ClF2N3O2/c1-9(2,3)17-8(16)14-6-5(10)4-13-15(6)7(11)12/h4,7H,1-3H3,(H,14,16). The van der Waals surface area contributed by atoms with Gasteiger partial charge in [0.1, 0.15) is 10.6 Å². The number of amides is 1. The van der Waals surface area contributed by atoms with Crippen molar-refractivity contribution in [2.75, 3.05) is 5.32 Å². The molecule has 17 heavy (non-hydrogen) atoms. The molecular formula is C9H12ClF2N3O2. The van der Waals surface area contributed by atoms with Gasteiger partial charge in [-0.05, 0) is 20.8 Å². The molecule has 0 saturated carbocycles. The third-order valence-corrected chi connectivity index (χ3v) is 1.83. The summed E-state index contributed by atoms with van der Waals surface area (Å²) in [5, 5.41) is 5.37. The molecule has 0 aliphatic carbocycles. The van der Waals surface area contributed by atoms with Crippen molar-refractivity contribution in [3.05, 3.63) is 11.2 Å². The molecular weight excluding hydrogens is 256 g/mol. The lowest BCUT2D eigenvalue weighted by Gasteiger charge is -2.19. The first-order valence-corrected chi connectivity index (χ1v) is 5.09. The zero-order valence-electron chi connectivity index (χ0n) is 9.50. The number of hydrogen-bond acceptors (Lipinski definition) is 3. The largest absolute Gasteiger partial charge is 0.444 e. The van der Waals surface area contributed by atoms with Gasteiger partial charge >= 0.3 is 12.6 Å². The normalized spacial score (nSPS) is 11.7. The average molecular weight is 268 g/mol. The third kappa shape index (κ3) is 3.85. The number of aromatic nitrogens is 2. The van der Waals surface area contributed by atoms with Crippen LogP contribution in [-0.2, 0) is 4.74 Å². The van der Waals surface area contributed by atoms with E-state index >= 15 is 0 Å². The van der Waals surface area contributed by atoms with Crippen molar-refractivity contribution >= 4 is 23.5 Å². The molecule has 0 radical (unpaired) electrons. The van der Waals surface area contributed by atoms with Gasteiger partial charge in [0.2, 0.25) is 0 Å². The summed E-state index contributed by atoms with van der Waals surface area (Å²) >= 11 is 5.62. The highest BCUT2D eigenvalue weighted by atomic mass is 35.5. The lowest BCUT2D eigenvalue weighted by Crippen LogP contribution is -2.28. The van der Waals surface area contributed by atoms with Crippen LogP contribution in [0.15, 0.2) is 6.20 Å². The van der Waals surface area contributed by atoms with Gasteiger partial charge in [0, 0.05) is 0 Å². The van der Waals surface area contributed by atoms with Crippen LogP contribution in [0.25, 0.3) is 0 Å². The first-order valence-electron chi connectivity index (χ1n) is 4.72. The fourth-order valence-electron chi connectivity index (χ4n) is 1.01. The third-order valence-electron chi connectivity index (χ3n) is 1.56. The lowest BCUT2D eigenvalue weighted by atomic mass is 10.2. The summed E-state index contributed by atoms with van der Waals surface area (Å²) in [7, 11) is 0. The molecule has 0 bridgehead atoms. The highest BCUT2D eigenvalue weighted by molar-refractivity contribution is 6.33. The Morgan fingerprint density at radius 3 is 2.65 bits per heavy atom. The number of carbonyl (C=O) groups excluding carboxylic acids is 1. The summed E-state index contributed by atoms with van der Waals surface area (Å²) in [6, 6.07) is 0. The topological polar surface area (TPSA) is 56.1 Å². The van der Waals surface area contributed by atoms with Crippen LogP contribution in [-0.4, -0.2) is 21.5 Å². The second kappa shape index (κ2) is 4.87. The molecule has 1 aromatic heterocycles. The van der Waals surface area contributed by atoms with Gasteiger partial charge in [-0.2, -0.15) is 18.6 Å². The second-order valence-electron chi connectivity index (χ2n) is 4.19. The summed E-state index contributed by atoms with van der Waals surface area (Å²) in [4.78, 5) is 11.4. The Bertz CT molecular complexity index is 415. The van der Waals surface area contributed by atoms with Crippen LogP contribution in [0.2, 0.25) is 5.02 Å². The highest BCUT2D eigenvalue weighted by Gasteiger charge is 2.21. The van der Waals surface area contributed by atoms with E-state index in [9.17, 15) is 13.6 Å². The SMILES string of the molecule is CC(C)(C)OC(=O)Nc1c(Cl)cnn1C(F)F. The van der Waals surface area contributed by atoms with Gasteiger partial charge in [0.25, 0.3) is 0 Å². The molecule has 0 fully saturated rings. The summed E-state index contributed by atoms with van der Waals surface area (Å²) in [6.45, 7) is 2.06. The molecule has 0 unspecified atom stereocenters. The van der Waals surface area contributed by atoms with E-state index in [0.717, 1.165) is 6.20 Å². The van der Waals surface area contributed by atoms with Gasteiger partial charge in [0.05, 0.1) is 6.20 Å². The second-order valence-corrected chi connectivity index (χ2v) is 4.60. The Morgan fingerprint density at radius 2 is 2.18 bits per heavy atom. The fourth-order valence-corrected chi connectivity index (χ4v) is 1.18. The number of ether oxygens (including phenoxy) is 1. The number of nitrogens with one attached hydrogen (secondary N) is 1. The van der Waals surface area contributed by atoms with E-state index in [1.165, 1.54) is 0 Å². The minimum atomic E-state index is -2.90. The van der Waals surface area contributed by atoms with Crippen LogP contribution >= 0.6 is 11.6 Å². The molecule has 1 N–H and O–H groups in total. The Morgan fingerprint density at radius 1 is 1.59 bits per heavy atom. The average Bonchev–Trinajstić information content (AvgIpc) is 2.44. The van der Waals surface area contributed by atoms with Crippen molar-refractivity contribution in [2.45, 2.75) is 32.9 Å². The predicted molar refractivity (Wildman–Crippen MR) is 58.3 cm³/mol. The van der Waals surface area contributed by atoms with Crippen LogP contribution in [0.4, 0.5) is 19.4 Å². The van der Waals surface area contributed by atoms with Gasteiger partial charge in [-0.1, -0.05) is 11.6 Å². The van der Waals surface area contributed by atoms with E-state index in [0.29, 0.717) is 4.68 Å². The molecule has 0 aromatic carbocycles. The van der Waals surface area contributed by atoms with E-state index in [1.807, 2.05) is 0 Å². The van der Waals surface area contributed by atoms with Crippen LogP contribution < -0.4 is 5.32 Å². The van der Waals surface area contributed by atoms with Crippen molar-refractivity contribution in [1.82, 2.24) is 9.78 Å². The van der Waals surface area contributed by atoms with Crippen molar-refractivity contribution in [2.24, 2.45) is 0 Å². The van der Waals surface area contributed by atoms with E-state index in [1.54, 1.807) is 20.8 Å². The molecule has 1 heterocycles. The van der Waals surface area contributed by atoms with E-state index < -0.39 is 18.2 Å². The molecule has 5 nitrogen and oxygen atoms in total. The zero-order chi connectivity index (χ0) is 13.2. The fraction of sp³-hybridized carbons (Fsp3) is 0.556. The molecule has 96 valence electrons. The minimum absolute atomic E-state index is 0.0869. The molecule has 1 amide bonds. The number of alkyl halides is 2. The Labute approximate surface area is 102 Å². The molecule has 1 aromatic rings. The molecule has 8 heteroatoms. The summed E-state index contributed by atoms with van der Waals surface area (Å²) in [5.41, 5.74) is -0.730. The van der Waals surface area contributed by atoms with Gasteiger partial charge in [-0.3, -0.25) is 5.32 Å². The van der Waals surface area contributed by atoms with Gasteiger partial charge < -0.3 is 4.74 Å². The van der Waals surface area contributed by atoms with Crippen LogP contribution in [0.3, 0.4) is 0 Å². The number of nitrogens with zero attached hydrogens (tertiary/aromatic N) is 2. The predicted octanol–water partition coefficient (Wildman–Crippen LogP) is 3.28. The number of hydrogen-bond donors (Lipinski definition) is 1. The van der Waals surface area contributed by atoms with E-state index in [2.05, 4.69) is 10.4 Å². The Kier molecular flexibility index (Phi) is 3.92. The number of carbonyl (C=O) groups is 1. The summed E-state index contributed by atoms with van der Waals surface area (Å²) in [6.07, 6.45) is 0.141. The maximum absolute atomic E-state index is 12.5. The van der Waals surface area contributed by atoms with Crippen molar-refractivity contribution in [3.8, 4) is 0 Å². The first kappa shape index (κ1) is 13.7. The molecule has 0 aliphatic heterocycles. The van der Waals surface area contributed by atoms with Crippen molar-refractivity contribution in [3.63, 3.8) is 0 Å². The lowest BCUT2D eigenvalue weighted by molar-refractivity contribution is 0.0559. The van der Waals surface area contributed by atoms with E-state index in [4.69, 9.17) is 16.3 Å². The molecule has 0 aliphatic rings. The smallest absolute Gasteiger partial charge is 0.413 e. The maximum atomic E-state index is 12.5.